The van der Waals surface area contributed by atoms with E-state index in [1.807, 2.05) is 30.3 Å². The second-order valence-electron chi connectivity index (χ2n) is 7.73. The molecule has 3 heterocycles. The number of thiophene rings is 1. The predicted molar refractivity (Wildman–Crippen MR) is 133 cm³/mol. The van der Waals surface area contributed by atoms with E-state index in [1.165, 1.54) is 10.4 Å². The number of nitrogens with zero attached hydrogens (tertiary/aromatic N) is 4. The molecule has 5 rings (SSSR count). The fourth-order valence-electron chi connectivity index (χ4n) is 3.85. The second-order valence-corrected chi connectivity index (χ2v) is 9.83. The van der Waals surface area contributed by atoms with Crippen LogP contribution in [0.5, 0.6) is 0 Å². The van der Waals surface area contributed by atoms with Crippen LogP contribution in [0.15, 0.2) is 86.5 Å². The van der Waals surface area contributed by atoms with Gasteiger partial charge in [0.25, 0.3) is 0 Å². The number of hydrogen-bond acceptors (Lipinski definition) is 6. The van der Waals surface area contributed by atoms with Crippen LogP contribution in [0.25, 0.3) is 11.1 Å². The summed E-state index contributed by atoms with van der Waals surface area (Å²) in [6.45, 7) is 1.45. The molecule has 0 aliphatic heterocycles. The fraction of sp³-hybridized carbons (Fsp3) is 0.240. The van der Waals surface area contributed by atoms with Crippen molar-refractivity contribution >= 4 is 34.2 Å². The lowest BCUT2D eigenvalue weighted by atomic mass is 10.1. The number of rotatable bonds is 10. The lowest BCUT2D eigenvalue weighted by Gasteiger charge is -2.10. The molecule has 0 N–H and O–H groups in total. The number of aryl methyl sites for hydroxylation is 2. The first-order valence-electron chi connectivity index (χ1n) is 11.0. The zero-order valence-corrected chi connectivity index (χ0v) is 19.7. The molecule has 0 unspecified atom stereocenters. The van der Waals surface area contributed by atoms with E-state index >= 15 is 0 Å². The Hall–Kier alpha value is -3.10. The summed E-state index contributed by atoms with van der Waals surface area (Å²) >= 11 is 3.44. The molecule has 2 aromatic carbocycles. The maximum Gasteiger partial charge on any atom is 0.419 e. The molecule has 0 saturated carbocycles. The summed E-state index contributed by atoms with van der Waals surface area (Å²) in [5, 5.41) is 12.0. The largest absolute Gasteiger partial charge is 0.419 e. The highest BCUT2D eigenvalue weighted by atomic mass is 32.2. The first-order chi connectivity index (χ1) is 16.3. The average Bonchev–Trinajstić information content (AvgIpc) is 3.56. The molecule has 0 bridgehead atoms. The third-order valence-corrected chi connectivity index (χ3v) is 7.43. The van der Waals surface area contributed by atoms with Crippen LogP contribution in [0, 0.1) is 0 Å². The van der Waals surface area contributed by atoms with Crippen LogP contribution in [-0.2, 0) is 25.9 Å². The summed E-state index contributed by atoms with van der Waals surface area (Å²) in [4.78, 5) is 13.5. The number of aromatic nitrogens is 4. The number of thioether (sulfide) groups is 1. The van der Waals surface area contributed by atoms with E-state index in [0.717, 1.165) is 48.1 Å². The lowest BCUT2D eigenvalue weighted by molar-refractivity contribution is 0.503. The molecule has 33 heavy (non-hydrogen) atoms. The Morgan fingerprint density at radius 3 is 2.61 bits per heavy atom. The highest BCUT2D eigenvalue weighted by molar-refractivity contribution is 7.99. The molecule has 8 heteroatoms. The molecule has 0 saturated heterocycles. The molecule has 0 aliphatic rings. The molecule has 0 fully saturated rings. The molecule has 3 aromatic heterocycles. The van der Waals surface area contributed by atoms with Gasteiger partial charge in [-0.25, -0.2) is 4.79 Å². The van der Waals surface area contributed by atoms with E-state index in [9.17, 15) is 4.79 Å². The van der Waals surface area contributed by atoms with Crippen LogP contribution in [0.2, 0.25) is 0 Å². The average molecular weight is 477 g/mol. The number of hydrogen-bond donors (Lipinski definition) is 0. The standard InChI is InChI=1S/C25H24N4O2S2/c30-25-28(21-11-4-5-12-22(21)31-25)14-7-17-33-24-27-26-23(18-20-10-6-16-32-20)29(24)15-13-19-8-2-1-3-9-19/h1-6,8-12,16H,7,13-15,17-18H2. The Labute approximate surface area is 199 Å². The van der Waals surface area contributed by atoms with Crippen LogP contribution < -0.4 is 5.76 Å². The molecule has 0 spiro atoms. The summed E-state index contributed by atoms with van der Waals surface area (Å²) in [5.74, 6) is 1.53. The van der Waals surface area contributed by atoms with Crippen molar-refractivity contribution in [2.45, 2.75) is 37.5 Å². The number of oxazole rings is 1. The quantitative estimate of drug-likeness (QED) is 0.203. The molecular weight excluding hydrogens is 452 g/mol. The minimum Gasteiger partial charge on any atom is -0.408 e. The van der Waals surface area contributed by atoms with E-state index in [4.69, 9.17) is 4.42 Å². The Morgan fingerprint density at radius 2 is 1.76 bits per heavy atom. The Kier molecular flexibility index (Phi) is 6.73. The molecular formula is C25H24N4O2S2. The second kappa shape index (κ2) is 10.2. The summed E-state index contributed by atoms with van der Waals surface area (Å²) < 4.78 is 9.29. The maximum absolute atomic E-state index is 12.2. The van der Waals surface area contributed by atoms with Gasteiger partial charge in [0.15, 0.2) is 10.7 Å². The van der Waals surface area contributed by atoms with Crippen LogP contribution in [0.4, 0.5) is 0 Å². The monoisotopic (exact) mass is 476 g/mol. The van der Waals surface area contributed by atoms with Gasteiger partial charge in [0.2, 0.25) is 0 Å². The summed E-state index contributed by atoms with van der Waals surface area (Å²) in [6, 6.07) is 22.3. The minimum absolute atomic E-state index is 0.300. The van der Waals surface area contributed by atoms with Crippen molar-refractivity contribution in [1.29, 1.82) is 0 Å². The molecule has 0 radical (unpaired) electrons. The van der Waals surface area contributed by atoms with Crippen molar-refractivity contribution in [2.24, 2.45) is 0 Å². The van der Waals surface area contributed by atoms with Gasteiger partial charge in [-0.2, -0.15) is 0 Å². The van der Waals surface area contributed by atoms with E-state index < -0.39 is 0 Å². The predicted octanol–water partition coefficient (Wildman–Crippen LogP) is 5.26. The van der Waals surface area contributed by atoms with E-state index in [2.05, 4.69) is 56.5 Å². The van der Waals surface area contributed by atoms with Crippen molar-refractivity contribution in [2.75, 3.05) is 5.75 Å². The Morgan fingerprint density at radius 1 is 0.909 bits per heavy atom. The van der Waals surface area contributed by atoms with Crippen molar-refractivity contribution in [1.82, 2.24) is 19.3 Å². The van der Waals surface area contributed by atoms with Gasteiger partial charge < -0.3 is 8.98 Å². The van der Waals surface area contributed by atoms with Gasteiger partial charge in [-0.1, -0.05) is 60.3 Å². The van der Waals surface area contributed by atoms with Crippen LogP contribution >= 0.6 is 23.1 Å². The van der Waals surface area contributed by atoms with Gasteiger partial charge in [-0.05, 0) is 42.0 Å². The SMILES string of the molecule is O=c1oc2ccccc2n1CCCSc1nnc(Cc2cccs2)n1CCc1ccccc1. The number of fused-ring (bicyclic) bond motifs is 1. The summed E-state index contributed by atoms with van der Waals surface area (Å²) in [7, 11) is 0. The highest BCUT2D eigenvalue weighted by Gasteiger charge is 2.14. The van der Waals surface area contributed by atoms with Crippen LogP contribution in [-0.4, -0.2) is 25.1 Å². The molecule has 0 atom stereocenters. The first-order valence-corrected chi connectivity index (χ1v) is 12.8. The normalized spacial score (nSPS) is 11.4. The van der Waals surface area contributed by atoms with Crippen molar-refractivity contribution in [3.05, 3.63) is 98.9 Å². The maximum atomic E-state index is 12.2. The lowest BCUT2D eigenvalue weighted by Crippen LogP contribution is -2.14. The van der Waals surface area contributed by atoms with E-state index in [1.54, 1.807) is 27.7 Å². The van der Waals surface area contributed by atoms with Gasteiger partial charge in [-0.15, -0.1) is 21.5 Å². The third kappa shape index (κ3) is 5.12. The van der Waals surface area contributed by atoms with Crippen molar-refractivity contribution in [3.63, 3.8) is 0 Å². The molecule has 5 aromatic rings. The third-order valence-electron chi connectivity index (χ3n) is 5.50. The van der Waals surface area contributed by atoms with Crippen LogP contribution in [0.3, 0.4) is 0 Å². The van der Waals surface area contributed by atoms with Gasteiger partial charge in [0.05, 0.1) is 5.52 Å². The molecule has 6 nitrogen and oxygen atoms in total. The Balaban J connectivity index is 1.27. The van der Waals surface area contributed by atoms with Crippen molar-refractivity contribution < 1.29 is 4.42 Å². The zero-order chi connectivity index (χ0) is 22.5. The van der Waals surface area contributed by atoms with E-state index in [0.29, 0.717) is 12.1 Å². The molecule has 0 amide bonds. The highest BCUT2D eigenvalue weighted by Crippen LogP contribution is 2.22. The first kappa shape index (κ1) is 21.7. The fourth-order valence-corrected chi connectivity index (χ4v) is 5.46. The minimum atomic E-state index is -0.300. The zero-order valence-electron chi connectivity index (χ0n) is 18.1. The number of para-hydroxylation sites is 2. The Bertz CT molecular complexity index is 1370. The van der Waals surface area contributed by atoms with Crippen molar-refractivity contribution in [3.8, 4) is 0 Å². The van der Waals surface area contributed by atoms with Gasteiger partial charge in [0.1, 0.15) is 5.82 Å². The molecule has 0 aliphatic carbocycles. The van der Waals surface area contributed by atoms with Gasteiger partial charge in [-0.3, -0.25) is 4.57 Å². The topological polar surface area (TPSA) is 65.8 Å². The van der Waals surface area contributed by atoms with Crippen LogP contribution in [0.1, 0.15) is 22.7 Å². The van der Waals surface area contributed by atoms with Gasteiger partial charge in [0, 0.05) is 30.1 Å². The summed E-state index contributed by atoms with van der Waals surface area (Å²) in [6.07, 6.45) is 2.55. The van der Waals surface area contributed by atoms with Gasteiger partial charge >= 0.3 is 5.76 Å². The smallest absolute Gasteiger partial charge is 0.408 e. The summed E-state index contributed by atoms with van der Waals surface area (Å²) in [5.41, 5.74) is 2.78. The number of benzene rings is 2. The van der Waals surface area contributed by atoms with E-state index in [-0.39, 0.29) is 5.76 Å². The molecule has 168 valence electrons.